The van der Waals surface area contributed by atoms with Crippen LogP contribution in [0, 0.1) is 13.8 Å². The number of nitrogens with two attached hydrogens (primary N) is 2. The minimum atomic E-state index is -0.281. The summed E-state index contributed by atoms with van der Waals surface area (Å²) in [5.74, 6) is 3.79. The van der Waals surface area contributed by atoms with E-state index in [2.05, 4.69) is 62.3 Å². The fraction of sp³-hybridized carbons (Fsp3) is 0.459. The molecule has 10 heteroatoms. The first-order chi connectivity index (χ1) is 22.2. The van der Waals surface area contributed by atoms with Gasteiger partial charge < -0.3 is 40.1 Å². The Bertz CT molecular complexity index is 1840. The smallest absolute Gasteiger partial charge is 0.182 e. The van der Waals surface area contributed by atoms with Crippen molar-refractivity contribution in [2.45, 2.75) is 84.5 Å². The molecular weight excluding hydrogens is 596 g/mol. The maximum absolute atomic E-state index is 6.82. The van der Waals surface area contributed by atoms with Crippen LogP contribution in [0.4, 0.5) is 0 Å². The van der Waals surface area contributed by atoms with Crippen molar-refractivity contribution in [2.75, 3.05) is 27.4 Å². The molecule has 3 aliphatic rings. The van der Waals surface area contributed by atoms with E-state index in [9.17, 15) is 0 Å². The SMILES string of the molecule is CCO/N=C(\N)c1c(C)c(C)c(/C(N)=N/OCC)c2c1Oc1cc3c(cc1O2)C1(CC(C)(C)c2cc(OC)c(OC)cc21)CC3(C)C. The molecule has 0 bridgehead atoms. The monoisotopic (exact) mass is 642 g/mol. The molecule has 0 radical (unpaired) electrons. The lowest BCUT2D eigenvalue weighted by Crippen LogP contribution is -2.27. The third kappa shape index (κ3) is 4.83. The van der Waals surface area contributed by atoms with Crippen molar-refractivity contribution >= 4 is 11.7 Å². The van der Waals surface area contributed by atoms with E-state index in [4.69, 9.17) is 40.1 Å². The first kappa shape index (κ1) is 32.3. The molecule has 47 heavy (non-hydrogen) atoms. The Hall–Kier alpha value is -4.60. The number of hydrogen-bond donors (Lipinski definition) is 2. The molecule has 2 aliphatic carbocycles. The van der Waals surface area contributed by atoms with E-state index in [0.29, 0.717) is 47.3 Å². The molecule has 3 aromatic rings. The number of nitrogens with zero attached hydrogens (tertiary/aromatic N) is 2. The summed E-state index contributed by atoms with van der Waals surface area (Å²) in [6, 6.07) is 8.59. The minimum Gasteiger partial charge on any atom is -0.493 e. The Balaban J connectivity index is 1.58. The first-order valence-electron chi connectivity index (χ1n) is 16.1. The number of hydrogen-bond acceptors (Lipinski definition) is 8. The summed E-state index contributed by atoms with van der Waals surface area (Å²) < 4.78 is 25.1. The van der Waals surface area contributed by atoms with Crippen LogP contribution in [-0.4, -0.2) is 39.1 Å². The predicted octanol–water partition coefficient (Wildman–Crippen LogP) is 7.18. The van der Waals surface area contributed by atoms with E-state index >= 15 is 0 Å². The van der Waals surface area contributed by atoms with Crippen molar-refractivity contribution in [3.63, 3.8) is 0 Å². The van der Waals surface area contributed by atoms with Crippen molar-refractivity contribution in [2.24, 2.45) is 21.8 Å². The average Bonchev–Trinajstić information content (AvgIpc) is 3.39. The third-order valence-corrected chi connectivity index (χ3v) is 10.1. The van der Waals surface area contributed by atoms with E-state index in [-0.39, 0.29) is 27.9 Å². The average molecular weight is 643 g/mol. The Morgan fingerprint density at radius 3 is 1.49 bits per heavy atom. The Labute approximate surface area is 277 Å². The molecule has 0 saturated heterocycles. The van der Waals surface area contributed by atoms with E-state index in [1.54, 1.807) is 14.2 Å². The van der Waals surface area contributed by atoms with Gasteiger partial charge >= 0.3 is 0 Å². The summed E-state index contributed by atoms with van der Waals surface area (Å²) in [5.41, 5.74) is 20.2. The van der Waals surface area contributed by atoms with Gasteiger partial charge in [0, 0.05) is 5.41 Å². The predicted molar refractivity (Wildman–Crippen MR) is 183 cm³/mol. The van der Waals surface area contributed by atoms with E-state index in [1.165, 1.54) is 22.3 Å². The van der Waals surface area contributed by atoms with Gasteiger partial charge in [-0.1, -0.05) is 38.0 Å². The minimum absolute atomic E-state index is 0.106. The van der Waals surface area contributed by atoms with Crippen LogP contribution in [0.2, 0.25) is 0 Å². The molecule has 4 N–H and O–H groups in total. The summed E-state index contributed by atoms with van der Waals surface area (Å²) in [5, 5.41) is 8.31. The quantitative estimate of drug-likeness (QED) is 0.117. The third-order valence-electron chi connectivity index (χ3n) is 10.1. The molecule has 3 aromatic carbocycles. The lowest BCUT2D eigenvalue weighted by molar-refractivity contribution is 0.158. The van der Waals surface area contributed by atoms with Crippen molar-refractivity contribution < 1.29 is 28.6 Å². The summed E-state index contributed by atoms with van der Waals surface area (Å²) in [6.45, 7) is 17.5. The van der Waals surface area contributed by atoms with Gasteiger partial charge in [0.15, 0.2) is 46.2 Å². The molecule has 10 nitrogen and oxygen atoms in total. The molecule has 6 rings (SSSR count). The first-order valence-corrected chi connectivity index (χ1v) is 16.1. The molecule has 1 unspecified atom stereocenters. The van der Waals surface area contributed by atoms with Gasteiger partial charge in [-0.25, -0.2) is 0 Å². The van der Waals surface area contributed by atoms with Gasteiger partial charge in [-0.05, 0) is 109 Å². The number of rotatable bonds is 8. The highest BCUT2D eigenvalue weighted by atomic mass is 16.6. The van der Waals surface area contributed by atoms with Gasteiger partial charge in [-0.15, -0.1) is 0 Å². The number of fused-ring (bicyclic) bond motifs is 6. The molecule has 0 fully saturated rings. The molecule has 1 atom stereocenters. The van der Waals surface area contributed by atoms with Crippen LogP contribution in [0.15, 0.2) is 34.6 Å². The topological polar surface area (TPSA) is 132 Å². The van der Waals surface area contributed by atoms with Crippen LogP contribution < -0.4 is 30.4 Å². The summed E-state index contributed by atoms with van der Waals surface area (Å²) >= 11 is 0. The largest absolute Gasteiger partial charge is 0.493 e. The fourth-order valence-corrected chi connectivity index (χ4v) is 8.13. The second-order valence-corrected chi connectivity index (χ2v) is 14.0. The highest BCUT2D eigenvalue weighted by Crippen LogP contribution is 2.65. The highest BCUT2D eigenvalue weighted by molar-refractivity contribution is 6.08. The summed E-state index contributed by atoms with van der Waals surface area (Å²) in [4.78, 5) is 10.7. The highest BCUT2D eigenvalue weighted by Gasteiger charge is 2.57. The molecule has 1 spiro atoms. The zero-order valence-corrected chi connectivity index (χ0v) is 29.1. The Kier molecular flexibility index (Phi) is 7.76. The molecule has 1 aliphatic heterocycles. The molecule has 0 saturated carbocycles. The number of benzene rings is 3. The lowest BCUT2D eigenvalue weighted by atomic mass is 9.72. The van der Waals surface area contributed by atoms with E-state index in [0.717, 1.165) is 35.5 Å². The Morgan fingerprint density at radius 2 is 1.06 bits per heavy atom. The van der Waals surface area contributed by atoms with Gasteiger partial charge in [-0.3, -0.25) is 0 Å². The number of methoxy groups -OCH3 is 2. The second kappa shape index (κ2) is 11.3. The van der Waals surface area contributed by atoms with Gasteiger partial charge in [-0.2, -0.15) is 0 Å². The van der Waals surface area contributed by atoms with E-state index in [1.807, 2.05) is 27.7 Å². The molecule has 1 heterocycles. The second-order valence-electron chi connectivity index (χ2n) is 14.0. The van der Waals surface area contributed by atoms with Crippen molar-refractivity contribution in [3.05, 3.63) is 68.8 Å². The van der Waals surface area contributed by atoms with Crippen LogP contribution >= 0.6 is 0 Å². The lowest BCUT2D eigenvalue weighted by Gasteiger charge is -2.31. The molecule has 0 aromatic heterocycles. The van der Waals surface area contributed by atoms with Gasteiger partial charge in [0.05, 0.1) is 25.3 Å². The van der Waals surface area contributed by atoms with E-state index < -0.39 is 0 Å². The molecule has 250 valence electrons. The van der Waals surface area contributed by atoms with Crippen molar-refractivity contribution in [3.8, 4) is 34.5 Å². The number of amidine groups is 2. The van der Waals surface area contributed by atoms with Crippen LogP contribution in [0.5, 0.6) is 34.5 Å². The molecular formula is C37H46N4O6. The zero-order valence-electron chi connectivity index (χ0n) is 29.1. The fourth-order valence-electron chi connectivity index (χ4n) is 8.13. The van der Waals surface area contributed by atoms with Gasteiger partial charge in [0.1, 0.15) is 13.2 Å². The number of ether oxygens (including phenoxy) is 4. The summed E-state index contributed by atoms with van der Waals surface area (Å²) in [7, 11) is 3.37. The summed E-state index contributed by atoms with van der Waals surface area (Å²) in [6.07, 6.45) is 1.83. The van der Waals surface area contributed by atoms with Crippen LogP contribution in [0.25, 0.3) is 0 Å². The Morgan fingerprint density at radius 1 is 0.681 bits per heavy atom. The van der Waals surface area contributed by atoms with Crippen LogP contribution in [-0.2, 0) is 25.9 Å². The van der Waals surface area contributed by atoms with Crippen molar-refractivity contribution in [1.29, 1.82) is 0 Å². The van der Waals surface area contributed by atoms with Crippen LogP contribution in [0.3, 0.4) is 0 Å². The zero-order chi connectivity index (χ0) is 34.1. The standard InChI is InChI=1S/C37H46N4O6/c1-11-44-40-33(38)29-19(3)20(4)30(34(39)41-45-12-2)32-31(29)46-27-14-22-24(16-28(27)47-32)37(18-36(22,7)8)17-35(5,6)21-13-25(42-9)26(43-10)15-23(21)37/h13-16H,11-12,17-18H2,1-10H3,(H2,38,40)(H2,39,41). The maximum atomic E-state index is 6.82. The van der Waals surface area contributed by atoms with Gasteiger partial charge in [0.2, 0.25) is 0 Å². The normalized spacial score (nSPS) is 20.0. The molecule has 0 amide bonds. The maximum Gasteiger partial charge on any atom is 0.182 e. The number of oxime groups is 2. The van der Waals surface area contributed by atoms with Crippen LogP contribution in [0.1, 0.15) is 98.9 Å². The van der Waals surface area contributed by atoms with Gasteiger partial charge in [0.25, 0.3) is 0 Å². The van der Waals surface area contributed by atoms with Crippen molar-refractivity contribution in [1.82, 2.24) is 0 Å².